The van der Waals surface area contributed by atoms with Gasteiger partial charge in [-0.05, 0) is 12.5 Å². The van der Waals surface area contributed by atoms with E-state index in [4.69, 9.17) is 5.73 Å². The van der Waals surface area contributed by atoms with Crippen molar-refractivity contribution in [1.29, 1.82) is 0 Å². The lowest BCUT2D eigenvalue weighted by Crippen LogP contribution is -2.48. The average Bonchev–Trinajstić information content (AvgIpc) is 1.60. The number of nitrogens with two attached hydrogens (primary N) is 1. The van der Waals surface area contributed by atoms with E-state index in [1.165, 1.54) is 0 Å². The molecule has 0 aliphatic carbocycles. The predicted octanol–water partition coefficient (Wildman–Crippen LogP) is 0.106. The molecule has 0 bridgehead atoms. The third kappa shape index (κ3) is 2.35. The minimum absolute atomic E-state index is 0.0966. The van der Waals surface area contributed by atoms with Gasteiger partial charge in [0.1, 0.15) is 0 Å². The molecule has 0 heterocycles. The van der Waals surface area contributed by atoms with Gasteiger partial charge in [-0.25, -0.2) is 0 Å². The molecule has 0 fully saturated rings. The number of likely N-dealkylation sites (N-methyl/N-ethyl adjacent to an activating group) is 1. The van der Waals surface area contributed by atoms with Gasteiger partial charge in [0.15, 0.2) is 0 Å². The molecule has 1 atom stereocenters. The van der Waals surface area contributed by atoms with E-state index in [-0.39, 0.29) is 17.4 Å². The van der Waals surface area contributed by atoms with E-state index < -0.39 is 0 Å². The van der Waals surface area contributed by atoms with Crippen molar-refractivity contribution in [3.63, 3.8) is 0 Å². The van der Waals surface area contributed by atoms with Gasteiger partial charge < -0.3 is 11.1 Å². The van der Waals surface area contributed by atoms with Crippen molar-refractivity contribution < 1.29 is 4.79 Å². The zero-order valence-corrected chi connectivity index (χ0v) is 7.06. The molecule has 3 heteroatoms. The van der Waals surface area contributed by atoms with Crippen LogP contribution in [0.5, 0.6) is 0 Å². The van der Waals surface area contributed by atoms with Crippen LogP contribution in [0.1, 0.15) is 20.8 Å². The molecule has 0 saturated heterocycles. The smallest absolute Gasteiger partial charge is 0.235 e. The lowest BCUT2D eigenvalue weighted by atomic mass is 9.86. The second-order valence-corrected chi connectivity index (χ2v) is 3.49. The van der Waals surface area contributed by atoms with Crippen LogP contribution < -0.4 is 11.1 Å². The fourth-order valence-corrected chi connectivity index (χ4v) is 1.00. The van der Waals surface area contributed by atoms with E-state index in [1.54, 1.807) is 7.05 Å². The van der Waals surface area contributed by atoms with Crippen LogP contribution in [0.3, 0.4) is 0 Å². The molecule has 0 rings (SSSR count). The average molecular weight is 144 g/mol. The summed E-state index contributed by atoms with van der Waals surface area (Å²) >= 11 is 0. The Labute approximate surface area is 62.0 Å². The third-order valence-electron chi connectivity index (χ3n) is 1.44. The van der Waals surface area contributed by atoms with Crippen LogP contribution in [-0.2, 0) is 4.79 Å². The molecule has 0 aromatic rings. The SMILES string of the molecule is CN[C@H](C(N)=O)C(C)(C)C. The van der Waals surface area contributed by atoms with Crippen molar-refractivity contribution in [2.45, 2.75) is 26.8 Å². The van der Waals surface area contributed by atoms with Crippen LogP contribution in [-0.4, -0.2) is 19.0 Å². The molecule has 0 saturated carbocycles. The number of amides is 1. The van der Waals surface area contributed by atoms with Crippen LogP contribution in [0.4, 0.5) is 0 Å². The maximum absolute atomic E-state index is 10.7. The van der Waals surface area contributed by atoms with Crippen LogP contribution in [0.25, 0.3) is 0 Å². The molecule has 60 valence electrons. The molecule has 0 unspecified atom stereocenters. The number of hydrogen-bond donors (Lipinski definition) is 2. The highest BCUT2D eigenvalue weighted by Gasteiger charge is 2.27. The van der Waals surface area contributed by atoms with Gasteiger partial charge in [0.05, 0.1) is 6.04 Å². The van der Waals surface area contributed by atoms with Crippen LogP contribution in [0, 0.1) is 5.41 Å². The Balaban J connectivity index is 4.22. The first-order valence-electron chi connectivity index (χ1n) is 3.36. The number of carbonyl (C=O) groups is 1. The summed E-state index contributed by atoms with van der Waals surface area (Å²) in [7, 11) is 1.74. The summed E-state index contributed by atoms with van der Waals surface area (Å²) in [5.74, 6) is -0.296. The minimum Gasteiger partial charge on any atom is -0.368 e. The first-order valence-corrected chi connectivity index (χ1v) is 3.36. The Morgan fingerprint density at radius 3 is 1.90 bits per heavy atom. The van der Waals surface area contributed by atoms with Crippen LogP contribution in [0.2, 0.25) is 0 Å². The van der Waals surface area contributed by atoms with Gasteiger partial charge in [0.25, 0.3) is 0 Å². The highest BCUT2D eigenvalue weighted by atomic mass is 16.1. The summed E-state index contributed by atoms with van der Waals surface area (Å²) in [5.41, 5.74) is 5.04. The molecule has 0 aliphatic heterocycles. The van der Waals surface area contributed by atoms with Gasteiger partial charge in [0.2, 0.25) is 5.91 Å². The van der Waals surface area contributed by atoms with Crippen molar-refractivity contribution in [3.05, 3.63) is 0 Å². The number of rotatable bonds is 2. The van der Waals surface area contributed by atoms with E-state index in [0.29, 0.717) is 0 Å². The number of nitrogens with one attached hydrogen (secondary N) is 1. The fraction of sp³-hybridized carbons (Fsp3) is 0.857. The van der Waals surface area contributed by atoms with Crippen LogP contribution in [0.15, 0.2) is 0 Å². The largest absolute Gasteiger partial charge is 0.368 e. The van der Waals surface area contributed by atoms with E-state index in [2.05, 4.69) is 5.32 Å². The third-order valence-corrected chi connectivity index (χ3v) is 1.44. The molecular weight excluding hydrogens is 128 g/mol. The molecule has 0 aromatic carbocycles. The molecular formula is C7H16N2O. The van der Waals surface area contributed by atoms with E-state index in [0.717, 1.165) is 0 Å². The first-order chi connectivity index (χ1) is 4.39. The van der Waals surface area contributed by atoms with Gasteiger partial charge in [-0.1, -0.05) is 20.8 Å². The van der Waals surface area contributed by atoms with Gasteiger partial charge in [-0.3, -0.25) is 4.79 Å². The molecule has 10 heavy (non-hydrogen) atoms. The number of primary amides is 1. The molecule has 3 N–H and O–H groups in total. The van der Waals surface area contributed by atoms with Crippen molar-refractivity contribution >= 4 is 5.91 Å². The molecule has 0 radical (unpaired) electrons. The zero-order chi connectivity index (χ0) is 8.36. The van der Waals surface area contributed by atoms with E-state index in [9.17, 15) is 4.79 Å². The van der Waals surface area contributed by atoms with Crippen molar-refractivity contribution in [2.75, 3.05) is 7.05 Å². The number of hydrogen-bond acceptors (Lipinski definition) is 2. The fourth-order valence-electron chi connectivity index (χ4n) is 1.00. The zero-order valence-electron chi connectivity index (χ0n) is 7.06. The highest BCUT2D eigenvalue weighted by molar-refractivity contribution is 5.80. The Morgan fingerprint density at radius 1 is 1.50 bits per heavy atom. The lowest BCUT2D eigenvalue weighted by Gasteiger charge is -2.27. The van der Waals surface area contributed by atoms with Gasteiger partial charge >= 0.3 is 0 Å². The Morgan fingerprint density at radius 2 is 1.90 bits per heavy atom. The lowest BCUT2D eigenvalue weighted by molar-refractivity contribution is -0.122. The van der Waals surface area contributed by atoms with Crippen molar-refractivity contribution in [1.82, 2.24) is 5.32 Å². The monoisotopic (exact) mass is 144 g/mol. The maximum atomic E-state index is 10.7. The van der Waals surface area contributed by atoms with Gasteiger partial charge in [-0.15, -0.1) is 0 Å². The summed E-state index contributed by atoms with van der Waals surface area (Å²) in [6.07, 6.45) is 0. The molecule has 0 aliphatic rings. The molecule has 1 amide bonds. The van der Waals surface area contributed by atoms with Gasteiger partial charge in [-0.2, -0.15) is 0 Å². The Kier molecular flexibility index (Phi) is 2.84. The van der Waals surface area contributed by atoms with E-state index in [1.807, 2.05) is 20.8 Å². The van der Waals surface area contributed by atoms with Crippen molar-refractivity contribution in [2.24, 2.45) is 11.1 Å². The molecule has 0 aromatic heterocycles. The van der Waals surface area contributed by atoms with E-state index >= 15 is 0 Å². The minimum atomic E-state index is -0.296. The predicted molar refractivity (Wildman–Crippen MR) is 41.5 cm³/mol. The molecule has 3 nitrogen and oxygen atoms in total. The normalized spacial score (nSPS) is 14.8. The van der Waals surface area contributed by atoms with Crippen LogP contribution >= 0.6 is 0 Å². The second-order valence-electron chi connectivity index (χ2n) is 3.49. The van der Waals surface area contributed by atoms with Crippen molar-refractivity contribution in [3.8, 4) is 0 Å². The summed E-state index contributed by atoms with van der Waals surface area (Å²) < 4.78 is 0. The second kappa shape index (κ2) is 3.01. The summed E-state index contributed by atoms with van der Waals surface area (Å²) in [6.45, 7) is 5.91. The molecule has 0 spiro atoms. The Hall–Kier alpha value is -0.570. The topological polar surface area (TPSA) is 55.1 Å². The van der Waals surface area contributed by atoms with Gasteiger partial charge in [0, 0.05) is 0 Å². The standard InChI is InChI=1S/C7H16N2O/c1-7(2,3)5(9-4)6(8)10/h5,9H,1-4H3,(H2,8,10)/t5-/m1/s1. The summed E-state index contributed by atoms with van der Waals surface area (Å²) in [6, 6.07) is -0.243. The Bertz CT molecular complexity index is 126. The summed E-state index contributed by atoms with van der Waals surface area (Å²) in [5, 5.41) is 2.87. The first kappa shape index (κ1) is 9.43. The maximum Gasteiger partial charge on any atom is 0.235 e. The quantitative estimate of drug-likeness (QED) is 0.577. The summed E-state index contributed by atoms with van der Waals surface area (Å²) in [4.78, 5) is 10.7. The number of carbonyl (C=O) groups excluding carboxylic acids is 1. The highest BCUT2D eigenvalue weighted by Crippen LogP contribution is 2.17.